The number of aromatic nitrogens is 1. The molecule has 0 saturated heterocycles. The molecule has 0 spiro atoms. The van der Waals surface area contributed by atoms with Gasteiger partial charge in [-0.05, 0) is 38.2 Å². The maximum atomic E-state index is 11.7. The van der Waals surface area contributed by atoms with Gasteiger partial charge in [0.25, 0.3) is 0 Å². The Labute approximate surface area is 100 Å². The minimum absolute atomic E-state index is 0.0456. The van der Waals surface area contributed by atoms with E-state index in [1.54, 1.807) is 13.2 Å². The number of carbonyl (C=O) groups is 1. The summed E-state index contributed by atoms with van der Waals surface area (Å²) in [4.78, 5) is 15.9. The number of pyridine rings is 1. The van der Waals surface area contributed by atoms with Gasteiger partial charge in [0, 0.05) is 17.3 Å². The molecule has 0 saturated carbocycles. The summed E-state index contributed by atoms with van der Waals surface area (Å²) < 4.78 is 0. The van der Waals surface area contributed by atoms with Gasteiger partial charge in [-0.2, -0.15) is 0 Å². The number of fused-ring (bicyclic) bond motifs is 1. The molecular weight excluding hydrogens is 214 g/mol. The minimum Gasteiger partial charge on any atom is -0.325 e. The van der Waals surface area contributed by atoms with Crippen molar-refractivity contribution in [3.63, 3.8) is 0 Å². The van der Waals surface area contributed by atoms with Gasteiger partial charge in [0.1, 0.15) is 0 Å². The van der Waals surface area contributed by atoms with Crippen molar-refractivity contribution < 1.29 is 4.79 Å². The van der Waals surface area contributed by atoms with Gasteiger partial charge in [0.15, 0.2) is 0 Å². The molecule has 0 fully saturated rings. The Bertz CT molecular complexity index is 539. The van der Waals surface area contributed by atoms with Crippen LogP contribution in [0.2, 0.25) is 0 Å². The summed E-state index contributed by atoms with van der Waals surface area (Å²) in [5.74, 6) is -0.0456. The quantitative estimate of drug-likeness (QED) is 0.843. The lowest BCUT2D eigenvalue weighted by Gasteiger charge is -2.11. The molecule has 2 aromatic rings. The van der Waals surface area contributed by atoms with E-state index >= 15 is 0 Å². The summed E-state index contributed by atoms with van der Waals surface area (Å²) in [5.41, 5.74) is 1.71. The van der Waals surface area contributed by atoms with Crippen molar-refractivity contribution in [1.82, 2.24) is 10.3 Å². The Morgan fingerprint density at radius 2 is 2.18 bits per heavy atom. The van der Waals surface area contributed by atoms with E-state index in [1.165, 1.54) is 0 Å². The van der Waals surface area contributed by atoms with E-state index < -0.39 is 0 Å². The maximum absolute atomic E-state index is 11.7. The second-order valence-corrected chi connectivity index (χ2v) is 3.91. The number of likely N-dealkylation sites (N-methyl/N-ethyl adjacent to an activating group) is 1. The topological polar surface area (TPSA) is 54.0 Å². The first kappa shape index (κ1) is 11.5. The van der Waals surface area contributed by atoms with E-state index in [4.69, 9.17) is 0 Å². The van der Waals surface area contributed by atoms with Crippen LogP contribution in [-0.2, 0) is 4.79 Å². The Hall–Kier alpha value is -1.94. The molecule has 1 heterocycles. The lowest BCUT2D eigenvalue weighted by molar-refractivity contribution is -0.117. The highest BCUT2D eigenvalue weighted by Gasteiger charge is 2.10. The smallest absolute Gasteiger partial charge is 0.241 e. The van der Waals surface area contributed by atoms with Crippen LogP contribution in [0.3, 0.4) is 0 Å². The summed E-state index contributed by atoms with van der Waals surface area (Å²) in [6.07, 6.45) is 1.75. The Kier molecular flexibility index (Phi) is 3.35. The molecular formula is C13H15N3O. The molecule has 1 amide bonds. The van der Waals surface area contributed by atoms with Crippen LogP contribution < -0.4 is 10.6 Å². The first-order valence-electron chi connectivity index (χ1n) is 5.53. The van der Waals surface area contributed by atoms with Crippen LogP contribution in [0.4, 0.5) is 5.69 Å². The molecule has 4 heteroatoms. The summed E-state index contributed by atoms with van der Waals surface area (Å²) >= 11 is 0. The average Bonchev–Trinajstić information content (AvgIpc) is 2.37. The van der Waals surface area contributed by atoms with Crippen molar-refractivity contribution in [3.05, 3.63) is 36.5 Å². The van der Waals surface area contributed by atoms with Crippen LogP contribution in [0.1, 0.15) is 6.92 Å². The van der Waals surface area contributed by atoms with Gasteiger partial charge in [0.2, 0.25) is 5.91 Å². The maximum Gasteiger partial charge on any atom is 0.241 e. The molecule has 1 unspecified atom stereocenters. The first-order chi connectivity index (χ1) is 8.20. The third kappa shape index (κ3) is 2.60. The third-order valence-corrected chi connectivity index (χ3v) is 2.70. The molecule has 0 aliphatic carbocycles. The molecule has 2 rings (SSSR count). The van der Waals surface area contributed by atoms with Crippen molar-refractivity contribution in [1.29, 1.82) is 0 Å². The molecule has 1 atom stereocenters. The Morgan fingerprint density at radius 1 is 1.35 bits per heavy atom. The first-order valence-corrected chi connectivity index (χ1v) is 5.53. The van der Waals surface area contributed by atoms with Gasteiger partial charge < -0.3 is 10.6 Å². The number of carbonyl (C=O) groups excluding carboxylic acids is 1. The van der Waals surface area contributed by atoms with E-state index in [9.17, 15) is 4.79 Å². The van der Waals surface area contributed by atoms with Crippen molar-refractivity contribution in [2.45, 2.75) is 13.0 Å². The summed E-state index contributed by atoms with van der Waals surface area (Å²) in [5, 5.41) is 6.77. The minimum atomic E-state index is -0.209. The van der Waals surface area contributed by atoms with E-state index in [-0.39, 0.29) is 11.9 Å². The molecule has 0 aliphatic rings. The summed E-state index contributed by atoms with van der Waals surface area (Å²) in [6, 6.07) is 9.32. The molecule has 1 aromatic heterocycles. The lowest BCUT2D eigenvalue weighted by atomic mass is 10.2. The highest BCUT2D eigenvalue weighted by Crippen LogP contribution is 2.16. The number of rotatable bonds is 3. The second kappa shape index (κ2) is 4.93. The van der Waals surface area contributed by atoms with Crippen molar-refractivity contribution in [2.75, 3.05) is 12.4 Å². The van der Waals surface area contributed by atoms with Crippen molar-refractivity contribution in [3.8, 4) is 0 Å². The summed E-state index contributed by atoms with van der Waals surface area (Å²) in [7, 11) is 1.76. The average molecular weight is 229 g/mol. The monoisotopic (exact) mass is 229 g/mol. The SMILES string of the molecule is CNC(C)C(=O)Nc1ccc2ncccc2c1. The molecule has 88 valence electrons. The molecule has 4 nitrogen and oxygen atoms in total. The molecule has 0 aliphatic heterocycles. The Morgan fingerprint density at radius 3 is 2.94 bits per heavy atom. The van der Waals surface area contributed by atoms with Gasteiger partial charge in [-0.1, -0.05) is 6.07 Å². The van der Waals surface area contributed by atoms with Gasteiger partial charge in [-0.3, -0.25) is 9.78 Å². The number of nitrogens with one attached hydrogen (secondary N) is 2. The van der Waals surface area contributed by atoms with Crippen molar-refractivity contribution >= 4 is 22.5 Å². The molecule has 2 N–H and O–H groups in total. The second-order valence-electron chi connectivity index (χ2n) is 3.91. The zero-order valence-electron chi connectivity index (χ0n) is 9.90. The van der Waals surface area contributed by atoms with Crippen molar-refractivity contribution in [2.24, 2.45) is 0 Å². The van der Waals surface area contributed by atoms with E-state index in [1.807, 2.05) is 37.3 Å². The predicted molar refractivity (Wildman–Crippen MR) is 68.9 cm³/mol. The van der Waals surface area contributed by atoms with Gasteiger partial charge in [0.05, 0.1) is 11.6 Å². The van der Waals surface area contributed by atoms with Crippen LogP contribution >= 0.6 is 0 Å². The number of amides is 1. The number of benzene rings is 1. The molecule has 0 radical (unpaired) electrons. The van der Waals surface area contributed by atoms with E-state index in [2.05, 4.69) is 15.6 Å². The Balaban J connectivity index is 2.22. The highest BCUT2D eigenvalue weighted by atomic mass is 16.2. The van der Waals surface area contributed by atoms with Gasteiger partial charge in [-0.25, -0.2) is 0 Å². The standard InChI is InChI=1S/C13H15N3O/c1-9(14-2)13(17)16-11-5-6-12-10(8-11)4-3-7-15-12/h3-9,14H,1-2H3,(H,16,17). The number of hydrogen-bond acceptors (Lipinski definition) is 3. The zero-order chi connectivity index (χ0) is 12.3. The van der Waals surface area contributed by atoms with Crippen LogP contribution in [0.15, 0.2) is 36.5 Å². The van der Waals surface area contributed by atoms with Crippen LogP contribution in [0.25, 0.3) is 10.9 Å². The van der Waals surface area contributed by atoms with Gasteiger partial charge >= 0.3 is 0 Å². The molecule has 17 heavy (non-hydrogen) atoms. The zero-order valence-corrected chi connectivity index (χ0v) is 9.90. The fourth-order valence-electron chi connectivity index (χ4n) is 1.53. The van der Waals surface area contributed by atoms with Crippen LogP contribution in [-0.4, -0.2) is 24.0 Å². The highest BCUT2D eigenvalue weighted by molar-refractivity contribution is 5.96. The molecule has 1 aromatic carbocycles. The fraction of sp³-hybridized carbons (Fsp3) is 0.231. The van der Waals surface area contributed by atoms with Crippen LogP contribution in [0.5, 0.6) is 0 Å². The number of anilines is 1. The lowest BCUT2D eigenvalue weighted by Crippen LogP contribution is -2.35. The largest absolute Gasteiger partial charge is 0.325 e. The van der Waals surface area contributed by atoms with E-state index in [0.29, 0.717) is 0 Å². The number of nitrogens with zero attached hydrogens (tertiary/aromatic N) is 1. The van der Waals surface area contributed by atoms with Crippen LogP contribution in [0, 0.1) is 0 Å². The molecule has 0 bridgehead atoms. The number of hydrogen-bond donors (Lipinski definition) is 2. The summed E-state index contributed by atoms with van der Waals surface area (Å²) in [6.45, 7) is 1.82. The third-order valence-electron chi connectivity index (χ3n) is 2.70. The normalized spacial score (nSPS) is 12.4. The fourth-order valence-corrected chi connectivity index (χ4v) is 1.53. The van der Waals surface area contributed by atoms with E-state index in [0.717, 1.165) is 16.6 Å². The van der Waals surface area contributed by atoms with Gasteiger partial charge in [-0.15, -0.1) is 0 Å². The predicted octanol–water partition coefficient (Wildman–Crippen LogP) is 1.78.